The predicted octanol–water partition coefficient (Wildman–Crippen LogP) is 2.11. The highest BCUT2D eigenvalue weighted by atomic mass is 16.2. The van der Waals surface area contributed by atoms with Crippen LogP contribution < -0.4 is 10.7 Å². The van der Waals surface area contributed by atoms with E-state index in [0.29, 0.717) is 10.9 Å². The van der Waals surface area contributed by atoms with Crippen molar-refractivity contribution in [3.63, 3.8) is 0 Å². The summed E-state index contributed by atoms with van der Waals surface area (Å²) in [5, 5.41) is 7.39. The van der Waals surface area contributed by atoms with E-state index < -0.39 is 0 Å². The van der Waals surface area contributed by atoms with E-state index in [9.17, 15) is 14.4 Å². The highest BCUT2D eigenvalue weighted by Gasteiger charge is 2.16. The largest absolute Gasteiger partial charge is 0.335 e. The van der Waals surface area contributed by atoms with E-state index in [0.717, 1.165) is 16.8 Å². The molecule has 0 saturated heterocycles. The third kappa shape index (κ3) is 4.09. The Morgan fingerprint density at radius 1 is 1.11 bits per heavy atom. The second-order valence-electron chi connectivity index (χ2n) is 6.73. The van der Waals surface area contributed by atoms with Crippen molar-refractivity contribution >= 4 is 28.4 Å². The Hall–Kier alpha value is -3.48. The van der Waals surface area contributed by atoms with Crippen LogP contribution >= 0.6 is 0 Å². The molecule has 144 valence electrons. The number of aromatic nitrogens is 2. The number of anilines is 1. The van der Waals surface area contributed by atoms with Crippen molar-refractivity contribution in [2.45, 2.75) is 20.4 Å². The van der Waals surface area contributed by atoms with Crippen molar-refractivity contribution < 1.29 is 9.59 Å². The molecule has 0 spiro atoms. The number of likely N-dealkylation sites (N-methyl/N-ethyl adjacent to an activating group) is 1. The molecule has 1 aromatic heterocycles. The van der Waals surface area contributed by atoms with Gasteiger partial charge < -0.3 is 10.2 Å². The number of hydrogen-bond donors (Lipinski definition) is 1. The molecule has 0 aliphatic carbocycles. The quantitative estimate of drug-likeness (QED) is 0.737. The standard InChI is InChI=1S/C21H22N4O3/c1-14-7-6-9-17(15(14)2)23-20(27)12-24(3)21(28)13-25-18-10-5-4-8-16(18)19(26)11-22-25/h4-11H,12-13H2,1-3H3,(H,23,27). The van der Waals surface area contributed by atoms with Crippen LogP contribution in [0.3, 0.4) is 0 Å². The lowest BCUT2D eigenvalue weighted by molar-refractivity contribution is -0.133. The van der Waals surface area contributed by atoms with E-state index >= 15 is 0 Å². The molecule has 2 aromatic carbocycles. The van der Waals surface area contributed by atoms with Crippen LogP contribution in [0.25, 0.3) is 10.9 Å². The van der Waals surface area contributed by atoms with Crippen LogP contribution in [0.5, 0.6) is 0 Å². The first-order chi connectivity index (χ1) is 13.4. The van der Waals surface area contributed by atoms with Crippen molar-refractivity contribution in [1.82, 2.24) is 14.7 Å². The zero-order chi connectivity index (χ0) is 20.3. The fourth-order valence-electron chi connectivity index (χ4n) is 2.92. The number of carbonyl (C=O) groups is 2. The number of fused-ring (bicyclic) bond motifs is 1. The molecule has 0 aliphatic heterocycles. The number of carbonyl (C=O) groups excluding carboxylic acids is 2. The van der Waals surface area contributed by atoms with E-state index in [-0.39, 0.29) is 30.3 Å². The lowest BCUT2D eigenvalue weighted by atomic mass is 10.1. The Balaban J connectivity index is 1.68. The van der Waals surface area contributed by atoms with Crippen molar-refractivity contribution in [2.24, 2.45) is 0 Å². The van der Waals surface area contributed by atoms with Gasteiger partial charge >= 0.3 is 0 Å². The van der Waals surface area contributed by atoms with E-state index in [2.05, 4.69) is 10.4 Å². The first-order valence-corrected chi connectivity index (χ1v) is 8.91. The fraction of sp³-hybridized carbons (Fsp3) is 0.238. The molecule has 0 unspecified atom stereocenters. The highest BCUT2D eigenvalue weighted by Crippen LogP contribution is 2.17. The summed E-state index contributed by atoms with van der Waals surface area (Å²) < 4.78 is 1.47. The first-order valence-electron chi connectivity index (χ1n) is 8.91. The Kier molecular flexibility index (Phi) is 5.54. The molecule has 2 amide bonds. The molecule has 3 rings (SSSR count). The number of rotatable bonds is 5. The second-order valence-corrected chi connectivity index (χ2v) is 6.73. The van der Waals surface area contributed by atoms with Crippen LogP contribution in [0.2, 0.25) is 0 Å². The summed E-state index contributed by atoms with van der Waals surface area (Å²) in [5.74, 6) is -0.556. The molecule has 0 fully saturated rings. The molecule has 3 aromatic rings. The number of aryl methyl sites for hydroxylation is 1. The first kappa shape index (κ1) is 19.3. The van der Waals surface area contributed by atoms with Gasteiger partial charge in [-0.25, -0.2) is 0 Å². The Morgan fingerprint density at radius 2 is 1.86 bits per heavy atom. The van der Waals surface area contributed by atoms with Gasteiger partial charge in [0.15, 0.2) is 0 Å². The van der Waals surface area contributed by atoms with Gasteiger partial charge in [-0.15, -0.1) is 0 Å². The van der Waals surface area contributed by atoms with E-state index in [1.54, 1.807) is 31.3 Å². The van der Waals surface area contributed by atoms with Crippen molar-refractivity contribution in [3.8, 4) is 0 Å². The van der Waals surface area contributed by atoms with Crippen LogP contribution in [0.1, 0.15) is 11.1 Å². The molecule has 0 saturated carbocycles. The van der Waals surface area contributed by atoms with E-state index in [4.69, 9.17) is 0 Å². The van der Waals surface area contributed by atoms with Crippen LogP contribution in [0, 0.1) is 13.8 Å². The summed E-state index contributed by atoms with van der Waals surface area (Å²) in [5.41, 5.74) is 3.20. The smallest absolute Gasteiger partial charge is 0.244 e. The summed E-state index contributed by atoms with van der Waals surface area (Å²) in [6.45, 7) is 3.77. The fourth-order valence-corrected chi connectivity index (χ4v) is 2.92. The minimum Gasteiger partial charge on any atom is -0.335 e. The van der Waals surface area contributed by atoms with Gasteiger partial charge in [0, 0.05) is 18.1 Å². The van der Waals surface area contributed by atoms with Crippen LogP contribution in [0.15, 0.2) is 53.5 Å². The molecule has 0 bridgehead atoms. The van der Waals surface area contributed by atoms with E-state index in [1.807, 2.05) is 32.0 Å². The number of benzene rings is 2. The molecule has 7 nitrogen and oxygen atoms in total. The maximum Gasteiger partial charge on any atom is 0.244 e. The molecule has 0 radical (unpaired) electrons. The summed E-state index contributed by atoms with van der Waals surface area (Å²) >= 11 is 0. The van der Waals surface area contributed by atoms with Gasteiger partial charge in [-0.2, -0.15) is 5.10 Å². The number of nitrogens with one attached hydrogen (secondary N) is 1. The van der Waals surface area contributed by atoms with Gasteiger partial charge in [0.1, 0.15) is 6.54 Å². The lowest BCUT2D eigenvalue weighted by Gasteiger charge is -2.18. The molecular weight excluding hydrogens is 356 g/mol. The molecule has 1 heterocycles. The van der Waals surface area contributed by atoms with Gasteiger partial charge in [-0.3, -0.25) is 19.1 Å². The highest BCUT2D eigenvalue weighted by molar-refractivity contribution is 5.95. The maximum absolute atomic E-state index is 12.6. The number of nitrogens with zero attached hydrogens (tertiary/aromatic N) is 3. The van der Waals surface area contributed by atoms with Gasteiger partial charge in [-0.05, 0) is 43.2 Å². The SMILES string of the molecule is Cc1cccc(NC(=O)CN(C)C(=O)Cn2ncc(=O)c3ccccc32)c1C. The topological polar surface area (TPSA) is 84.3 Å². The minimum atomic E-state index is -0.280. The van der Waals surface area contributed by atoms with Gasteiger partial charge in [0.05, 0.1) is 18.3 Å². The third-order valence-electron chi connectivity index (χ3n) is 4.73. The average Bonchev–Trinajstić information content (AvgIpc) is 2.67. The zero-order valence-corrected chi connectivity index (χ0v) is 16.1. The Morgan fingerprint density at radius 3 is 2.64 bits per heavy atom. The van der Waals surface area contributed by atoms with E-state index in [1.165, 1.54) is 15.8 Å². The monoisotopic (exact) mass is 378 g/mol. The predicted molar refractivity (Wildman–Crippen MR) is 108 cm³/mol. The molecule has 0 aliphatic rings. The number of hydrogen-bond acceptors (Lipinski definition) is 4. The summed E-state index contributed by atoms with van der Waals surface area (Å²) in [4.78, 5) is 38.1. The Bertz CT molecular complexity index is 1100. The van der Waals surface area contributed by atoms with Crippen LogP contribution in [-0.2, 0) is 16.1 Å². The van der Waals surface area contributed by atoms with Gasteiger partial charge in [0.2, 0.25) is 17.2 Å². The number of amides is 2. The van der Waals surface area contributed by atoms with Crippen molar-refractivity contribution in [3.05, 3.63) is 70.0 Å². The molecular formula is C21H22N4O3. The minimum absolute atomic E-state index is 0.0615. The molecule has 7 heteroatoms. The molecule has 1 N–H and O–H groups in total. The molecule has 0 atom stereocenters. The van der Waals surface area contributed by atoms with Gasteiger partial charge in [-0.1, -0.05) is 24.3 Å². The van der Waals surface area contributed by atoms with Crippen LogP contribution in [0.4, 0.5) is 5.69 Å². The number of para-hydroxylation sites is 1. The Labute approximate surface area is 162 Å². The maximum atomic E-state index is 12.6. The summed E-state index contributed by atoms with van der Waals surface area (Å²) in [7, 11) is 1.57. The zero-order valence-electron chi connectivity index (χ0n) is 16.1. The molecule has 28 heavy (non-hydrogen) atoms. The summed E-state index contributed by atoms with van der Waals surface area (Å²) in [6, 6.07) is 12.7. The lowest BCUT2D eigenvalue weighted by Crippen LogP contribution is -2.37. The average molecular weight is 378 g/mol. The normalized spacial score (nSPS) is 10.7. The van der Waals surface area contributed by atoms with Crippen molar-refractivity contribution in [1.29, 1.82) is 0 Å². The summed E-state index contributed by atoms with van der Waals surface area (Å²) in [6.07, 6.45) is 1.20. The third-order valence-corrected chi connectivity index (χ3v) is 4.73. The van der Waals surface area contributed by atoms with Gasteiger partial charge in [0.25, 0.3) is 0 Å². The van der Waals surface area contributed by atoms with Crippen LogP contribution in [-0.4, -0.2) is 40.1 Å². The second kappa shape index (κ2) is 8.04. The van der Waals surface area contributed by atoms with Crippen molar-refractivity contribution in [2.75, 3.05) is 18.9 Å².